The van der Waals surface area contributed by atoms with Crippen molar-refractivity contribution in [2.75, 3.05) is 0 Å². The van der Waals surface area contributed by atoms with Crippen molar-refractivity contribution < 1.29 is 4.74 Å². The van der Waals surface area contributed by atoms with Gasteiger partial charge >= 0.3 is 0 Å². The highest BCUT2D eigenvalue weighted by atomic mass is 16.5. The zero-order valence-corrected chi connectivity index (χ0v) is 12.7. The van der Waals surface area contributed by atoms with Gasteiger partial charge in [-0.3, -0.25) is 0 Å². The van der Waals surface area contributed by atoms with Crippen LogP contribution in [0.1, 0.15) is 41.6 Å². The number of benzene rings is 2. The second-order valence-corrected chi connectivity index (χ2v) is 5.39. The van der Waals surface area contributed by atoms with E-state index < -0.39 is 0 Å². The molecule has 0 fully saturated rings. The fraction of sp³-hybridized carbons (Fsp3) is 0.333. The third-order valence-corrected chi connectivity index (χ3v) is 3.74. The van der Waals surface area contributed by atoms with Crippen LogP contribution in [-0.4, -0.2) is 0 Å². The zero-order chi connectivity index (χ0) is 14.7. The van der Waals surface area contributed by atoms with Crippen LogP contribution in [0.3, 0.4) is 0 Å². The van der Waals surface area contributed by atoms with Gasteiger partial charge in [0.15, 0.2) is 0 Å². The van der Waals surface area contributed by atoms with E-state index in [1.54, 1.807) is 0 Å². The lowest BCUT2D eigenvalue weighted by Gasteiger charge is -2.13. The molecule has 0 aliphatic rings. The molecule has 0 bridgehead atoms. The second kappa shape index (κ2) is 6.10. The van der Waals surface area contributed by atoms with Crippen LogP contribution < -0.4 is 10.5 Å². The van der Waals surface area contributed by atoms with Gasteiger partial charge in [-0.1, -0.05) is 25.1 Å². The number of rotatable bonds is 4. The summed E-state index contributed by atoms with van der Waals surface area (Å²) in [5.74, 6) is 1.78. The van der Waals surface area contributed by atoms with Gasteiger partial charge in [-0.25, -0.2) is 0 Å². The van der Waals surface area contributed by atoms with E-state index in [2.05, 4.69) is 39.8 Å². The summed E-state index contributed by atoms with van der Waals surface area (Å²) in [5, 5.41) is 0. The molecule has 20 heavy (non-hydrogen) atoms. The average molecular weight is 269 g/mol. The molecule has 0 aromatic heterocycles. The van der Waals surface area contributed by atoms with Crippen molar-refractivity contribution >= 4 is 0 Å². The number of hydrogen-bond donors (Lipinski definition) is 1. The molecule has 0 radical (unpaired) electrons. The van der Waals surface area contributed by atoms with Crippen LogP contribution in [0.25, 0.3) is 0 Å². The van der Waals surface area contributed by atoms with Crippen molar-refractivity contribution in [3.05, 3.63) is 58.7 Å². The van der Waals surface area contributed by atoms with E-state index in [1.165, 1.54) is 16.7 Å². The molecule has 2 heteroatoms. The lowest BCUT2D eigenvalue weighted by atomic mass is 10.0. The molecule has 2 rings (SSSR count). The first-order chi connectivity index (χ1) is 9.51. The van der Waals surface area contributed by atoms with Crippen molar-refractivity contribution in [3.8, 4) is 11.5 Å². The van der Waals surface area contributed by atoms with Gasteiger partial charge in [0.1, 0.15) is 11.5 Å². The Kier molecular flexibility index (Phi) is 4.46. The monoisotopic (exact) mass is 269 g/mol. The van der Waals surface area contributed by atoms with Gasteiger partial charge in [0.25, 0.3) is 0 Å². The van der Waals surface area contributed by atoms with Gasteiger partial charge in [0.05, 0.1) is 0 Å². The van der Waals surface area contributed by atoms with Crippen molar-refractivity contribution in [1.29, 1.82) is 0 Å². The molecule has 0 heterocycles. The maximum absolute atomic E-state index is 6.02. The van der Waals surface area contributed by atoms with Crippen molar-refractivity contribution in [3.63, 3.8) is 0 Å². The molecule has 2 aromatic carbocycles. The van der Waals surface area contributed by atoms with Gasteiger partial charge in [-0.2, -0.15) is 0 Å². The van der Waals surface area contributed by atoms with E-state index >= 15 is 0 Å². The lowest BCUT2D eigenvalue weighted by molar-refractivity contribution is 0.477. The normalized spacial score (nSPS) is 12.2. The molecule has 1 atom stereocenters. The Morgan fingerprint density at radius 3 is 2.30 bits per heavy atom. The fourth-order valence-electron chi connectivity index (χ4n) is 2.25. The maximum Gasteiger partial charge on any atom is 0.130 e. The topological polar surface area (TPSA) is 35.2 Å². The molecule has 0 aliphatic carbocycles. The summed E-state index contributed by atoms with van der Waals surface area (Å²) >= 11 is 0. The van der Waals surface area contributed by atoms with Gasteiger partial charge < -0.3 is 10.5 Å². The predicted molar refractivity (Wildman–Crippen MR) is 84.4 cm³/mol. The Bertz CT molecular complexity index is 587. The first-order valence-corrected chi connectivity index (χ1v) is 7.12. The van der Waals surface area contributed by atoms with E-state index in [0.717, 1.165) is 23.5 Å². The molecule has 2 N–H and O–H groups in total. The molecule has 0 amide bonds. The molecule has 106 valence electrons. The minimum Gasteiger partial charge on any atom is -0.457 e. The first kappa shape index (κ1) is 14.6. The Morgan fingerprint density at radius 2 is 1.70 bits per heavy atom. The van der Waals surface area contributed by atoms with Crippen LogP contribution in [0.15, 0.2) is 36.4 Å². The summed E-state index contributed by atoms with van der Waals surface area (Å²) in [6, 6.07) is 12.4. The number of aryl methyl sites for hydroxylation is 2. The Labute approximate surface area is 121 Å². The average Bonchev–Trinajstić information content (AvgIpc) is 2.44. The largest absolute Gasteiger partial charge is 0.457 e. The third kappa shape index (κ3) is 3.20. The quantitative estimate of drug-likeness (QED) is 0.864. The Hall–Kier alpha value is -1.80. The molecule has 0 spiro atoms. The second-order valence-electron chi connectivity index (χ2n) is 5.39. The summed E-state index contributed by atoms with van der Waals surface area (Å²) in [7, 11) is 0. The van der Waals surface area contributed by atoms with Gasteiger partial charge in [0, 0.05) is 6.04 Å². The van der Waals surface area contributed by atoms with Crippen LogP contribution in [0, 0.1) is 20.8 Å². The van der Waals surface area contributed by atoms with Crippen LogP contribution >= 0.6 is 0 Å². The highest BCUT2D eigenvalue weighted by Gasteiger charge is 2.07. The van der Waals surface area contributed by atoms with Crippen molar-refractivity contribution in [1.82, 2.24) is 0 Å². The molecular weight excluding hydrogens is 246 g/mol. The lowest BCUT2D eigenvalue weighted by Crippen LogP contribution is -2.08. The van der Waals surface area contributed by atoms with Gasteiger partial charge in [-0.15, -0.1) is 0 Å². The summed E-state index contributed by atoms with van der Waals surface area (Å²) in [6.45, 7) is 8.38. The Balaban J connectivity index is 2.22. The summed E-state index contributed by atoms with van der Waals surface area (Å²) < 4.78 is 6.00. The SMILES string of the molecule is CC[C@H](N)c1ccc(Oc2cc(C)cc(C)c2C)cc1. The summed E-state index contributed by atoms with van der Waals surface area (Å²) in [6.07, 6.45) is 0.941. The molecule has 0 aliphatic heterocycles. The number of ether oxygens (including phenoxy) is 1. The third-order valence-electron chi connectivity index (χ3n) is 3.74. The minimum absolute atomic E-state index is 0.104. The summed E-state index contributed by atoms with van der Waals surface area (Å²) in [5.41, 5.74) is 10.8. The van der Waals surface area contributed by atoms with E-state index in [4.69, 9.17) is 10.5 Å². The van der Waals surface area contributed by atoms with Crippen LogP contribution in [0.2, 0.25) is 0 Å². The maximum atomic E-state index is 6.02. The van der Waals surface area contributed by atoms with E-state index in [1.807, 2.05) is 24.3 Å². The first-order valence-electron chi connectivity index (χ1n) is 7.12. The fourth-order valence-corrected chi connectivity index (χ4v) is 2.25. The Morgan fingerprint density at radius 1 is 1.05 bits per heavy atom. The standard InChI is InChI=1S/C18H23NO/c1-5-17(19)15-6-8-16(9-7-15)20-18-11-12(2)10-13(3)14(18)4/h6-11,17H,5,19H2,1-4H3/t17-/m0/s1. The predicted octanol–water partition coefficient (Wildman–Crippen LogP) is 4.81. The van der Waals surface area contributed by atoms with Crippen LogP contribution in [0.4, 0.5) is 0 Å². The van der Waals surface area contributed by atoms with Gasteiger partial charge in [-0.05, 0) is 67.6 Å². The highest BCUT2D eigenvalue weighted by molar-refractivity contribution is 5.44. The number of hydrogen-bond acceptors (Lipinski definition) is 2. The van der Waals surface area contributed by atoms with E-state index in [-0.39, 0.29) is 6.04 Å². The minimum atomic E-state index is 0.104. The smallest absolute Gasteiger partial charge is 0.130 e. The highest BCUT2D eigenvalue weighted by Crippen LogP contribution is 2.29. The van der Waals surface area contributed by atoms with Crippen LogP contribution in [-0.2, 0) is 0 Å². The van der Waals surface area contributed by atoms with Crippen LogP contribution in [0.5, 0.6) is 11.5 Å². The molecular formula is C18H23NO. The molecule has 0 saturated carbocycles. The van der Waals surface area contributed by atoms with Crippen molar-refractivity contribution in [2.45, 2.75) is 40.2 Å². The van der Waals surface area contributed by atoms with E-state index in [0.29, 0.717) is 0 Å². The zero-order valence-electron chi connectivity index (χ0n) is 12.7. The molecule has 2 aromatic rings. The van der Waals surface area contributed by atoms with Crippen molar-refractivity contribution in [2.24, 2.45) is 5.73 Å². The van der Waals surface area contributed by atoms with E-state index in [9.17, 15) is 0 Å². The summed E-state index contributed by atoms with van der Waals surface area (Å²) in [4.78, 5) is 0. The molecule has 0 unspecified atom stereocenters. The molecule has 2 nitrogen and oxygen atoms in total. The number of nitrogens with two attached hydrogens (primary N) is 1. The molecule has 0 saturated heterocycles. The van der Waals surface area contributed by atoms with Gasteiger partial charge in [0.2, 0.25) is 0 Å².